The summed E-state index contributed by atoms with van der Waals surface area (Å²) in [5.41, 5.74) is 7.17. The van der Waals surface area contributed by atoms with Gasteiger partial charge in [0, 0.05) is 54.8 Å². The van der Waals surface area contributed by atoms with E-state index in [-0.39, 0.29) is 11.4 Å². The molecule has 0 radical (unpaired) electrons. The third kappa shape index (κ3) is 3.88. The Morgan fingerprint density at radius 1 is 1.30 bits per heavy atom. The van der Waals surface area contributed by atoms with Crippen LogP contribution in [0.5, 0.6) is 0 Å². The summed E-state index contributed by atoms with van der Waals surface area (Å²) >= 11 is 0. The number of aryl methyl sites for hydroxylation is 1. The van der Waals surface area contributed by atoms with Gasteiger partial charge in [-0.1, -0.05) is 0 Å². The SMILES string of the molecule is Cn1cc(-c2cc(C(=N)c3cc(N4CCCC(C)(O)C4)ncn3)c(N)cc2F)cn1. The molecule has 9 heteroatoms. The first-order valence-corrected chi connectivity index (χ1v) is 9.70. The summed E-state index contributed by atoms with van der Waals surface area (Å²) in [6, 6.07) is 4.48. The van der Waals surface area contributed by atoms with Crippen molar-refractivity contribution in [3.8, 4) is 11.1 Å². The highest BCUT2D eigenvalue weighted by molar-refractivity contribution is 6.13. The highest BCUT2D eigenvalue weighted by Gasteiger charge is 2.29. The van der Waals surface area contributed by atoms with Gasteiger partial charge in [-0.2, -0.15) is 5.10 Å². The van der Waals surface area contributed by atoms with E-state index in [1.165, 1.54) is 12.4 Å². The van der Waals surface area contributed by atoms with Crippen LogP contribution < -0.4 is 10.6 Å². The third-order valence-electron chi connectivity index (χ3n) is 5.33. The average molecular weight is 409 g/mol. The minimum absolute atomic E-state index is 0.0741. The number of β-amino-alcohol motifs (C(OH)–C–C–N with tert-alkyl or cyclic N) is 1. The van der Waals surface area contributed by atoms with Crippen molar-refractivity contribution >= 4 is 17.2 Å². The molecule has 3 aromatic rings. The average Bonchev–Trinajstić information content (AvgIpc) is 3.13. The summed E-state index contributed by atoms with van der Waals surface area (Å²) in [7, 11) is 1.75. The lowest BCUT2D eigenvalue weighted by Gasteiger charge is -2.37. The lowest BCUT2D eigenvalue weighted by Crippen LogP contribution is -2.46. The lowest BCUT2D eigenvalue weighted by atomic mass is 9.95. The second-order valence-electron chi connectivity index (χ2n) is 7.98. The molecule has 0 spiro atoms. The molecule has 4 rings (SSSR count). The van der Waals surface area contributed by atoms with E-state index >= 15 is 0 Å². The van der Waals surface area contributed by atoms with Gasteiger partial charge in [-0.05, 0) is 31.9 Å². The number of nitrogens with zero attached hydrogens (tertiary/aromatic N) is 5. The molecular formula is C21H24FN7O. The van der Waals surface area contributed by atoms with Gasteiger partial charge in [-0.25, -0.2) is 14.4 Å². The number of aliphatic hydroxyl groups is 1. The van der Waals surface area contributed by atoms with Gasteiger partial charge >= 0.3 is 0 Å². The Morgan fingerprint density at radius 3 is 2.80 bits per heavy atom. The smallest absolute Gasteiger partial charge is 0.133 e. The van der Waals surface area contributed by atoms with Crippen molar-refractivity contribution in [3.05, 3.63) is 54.0 Å². The van der Waals surface area contributed by atoms with Gasteiger partial charge in [0.05, 0.1) is 23.2 Å². The number of nitrogens with one attached hydrogen (secondary N) is 1. The number of hydrogen-bond donors (Lipinski definition) is 3. The fourth-order valence-electron chi connectivity index (χ4n) is 3.80. The van der Waals surface area contributed by atoms with E-state index in [2.05, 4.69) is 15.1 Å². The van der Waals surface area contributed by atoms with Crippen LogP contribution in [-0.4, -0.2) is 49.3 Å². The summed E-state index contributed by atoms with van der Waals surface area (Å²) < 4.78 is 16.1. The molecule has 1 aliphatic rings. The molecule has 156 valence electrons. The molecular weight excluding hydrogens is 385 g/mol. The molecule has 1 aromatic carbocycles. The Morgan fingerprint density at radius 2 is 2.10 bits per heavy atom. The van der Waals surface area contributed by atoms with Gasteiger partial charge in [0.1, 0.15) is 18.0 Å². The maximum Gasteiger partial charge on any atom is 0.133 e. The second-order valence-corrected chi connectivity index (χ2v) is 7.98. The molecule has 1 fully saturated rings. The largest absolute Gasteiger partial charge is 0.398 e. The van der Waals surface area contributed by atoms with Crippen LogP contribution in [0.15, 0.2) is 36.9 Å². The number of nitrogens with two attached hydrogens (primary N) is 1. The Labute approximate surface area is 173 Å². The summed E-state index contributed by atoms with van der Waals surface area (Å²) in [5, 5.41) is 23.1. The van der Waals surface area contributed by atoms with Gasteiger partial charge in [0.15, 0.2) is 0 Å². The van der Waals surface area contributed by atoms with Crippen LogP contribution >= 0.6 is 0 Å². The first kappa shape index (κ1) is 20.0. The third-order valence-corrected chi connectivity index (χ3v) is 5.33. The van der Waals surface area contributed by atoms with Gasteiger partial charge in [0.2, 0.25) is 0 Å². The maximum absolute atomic E-state index is 14.5. The molecule has 2 aromatic heterocycles. The van der Waals surface area contributed by atoms with E-state index in [4.69, 9.17) is 11.1 Å². The molecule has 0 saturated carbocycles. The highest BCUT2D eigenvalue weighted by atomic mass is 19.1. The highest BCUT2D eigenvalue weighted by Crippen LogP contribution is 2.29. The standard InChI is InChI=1S/C21H24FN7O/c1-21(30)4-3-5-29(11-21)19-8-18(25-12-26-19)20(24)15-6-14(16(22)7-17(15)23)13-9-27-28(2)10-13/h6-10,12,24,30H,3-5,11,23H2,1-2H3. The molecule has 0 bridgehead atoms. The van der Waals surface area contributed by atoms with Gasteiger partial charge in [-0.15, -0.1) is 0 Å². The molecule has 1 aliphatic heterocycles. The zero-order chi connectivity index (χ0) is 21.5. The number of halogens is 1. The Bertz CT molecular complexity index is 1110. The van der Waals surface area contributed by atoms with E-state index in [9.17, 15) is 9.50 Å². The Balaban J connectivity index is 1.68. The number of rotatable bonds is 4. The second kappa shape index (κ2) is 7.49. The van der Waals surface area contributed by atoms with Crippen LogP contribution in [0.25, 0.3) is 11.1 Å². The number of benzene rings is 1. The van der Waals surface area contributed by atoms with E-state index in [1.807, 2.05) is 11.8 Å². The van der Waals surface area contributed by atoms with Crippen molar-refractivity contribution in [2.75, 3.05) is 23.7 Å². The maximum atomic E-state index is 14.5. The zero-order valence-corrected chi connectivity index (χ0v) is 16.9. The summed E-state index contributed by atoms with van der Waals surface area (Å²) in [6.07, 6.45) is 6.24. The predicted octanol–water partition coefficient (Wildman–Crippen LogP) is 2.37. The van der Waals surface area contributed by atoms with Crippen molar-refractivity contribution in [1.29, 1.82) is 5.41 Å². The molecule has 0 amide bonds. The van der Waals surface area contributed by atoms with Gasteiger partial charge < -0.3 is 15.7 Å². The molecule has 0 aliphatic carbocycles. The molecule has 8 nitrogen and oxygen atoms in total. The number of aromatic nitrogens is 4. The molecule has 1 atom stereocenters. The van der Waals surface area contributed by atoms with Gasteiger partial charge in [-0.3, -0.25) is 10.1 Å². The summed E-state index contributed by atoms with van der Waals surface area (Å²) in [6.45, 7) is 3.03. The molecule has 1 unspecified atom stereocenters. The monoisotopic (exact) mass is 409 g/mol. The first-order chi connectivity index (χ1) is 14.2. The quantitative estimate of drug-likeness (QED) is 0.450. The van der Waals surface area contributed by atoms with Crippen LogP contribution in [0.4, 0.5) is 15.9 Å². The molecule has 4 N–H and O–H groups in total. The number of nitrogen functional groups attached to an aromatic ring is 1. The van der Waals surface area contributed by atoms with E-state index < -0.39 is 11.4 Å². The van der Waals surface area contributed by atoms with E-state index in [0.29, 0.717) is 34.7 Å². The fourth-order valence-corrected chi connectivity index (χ4v) is 3.80. The van der Waals surface area contributed by atoms with Crippen molar-refractivity contribution in [2.24, 2.45) is 7.05 Å². The van der Waals surface area contributed by atoms with Crippen molar-refractivity contribution in [1.82, 2.24) is 19.7 Å². The zero-order valence-electron chi connectivity index (χ0n) is 16.9. The minimum atomic E-state index is -0.781. The van der Waals surface area contributed by atoms with Crippen LogP contribution in [0.2, 0.25) is 0 Å². The number of hydrogen-bond acceptors (Lipinski definition) is 7. The van der Waals surface area contributed by atoms with Crippen molar-refractivity contribution in [2.45, 2.75) is 25.4 Å². The molecule has 1 saturated heterocycles. The van der Waals surface area contributed by atoms with Gasteiger partial charge in [0.25, 0.3) is 0 Å². The lowest BCUT2D eigenvalue weighted by molar-refractivity contribution is 0.0447. The van der Waals surface area contributed by atoms with E-state index in [1.54, 1.807) is 36.3 Å². The van der Waals surface area contributed by atoms with E-state index in [0.717, 1.165) is 19.4 Å². The Kier molecular flexibility index (Phi) is 4.98. The topological polar surface area (TPSA) is 117 Å². The van der Waals surface area contributed by atoms with Crippen LogP contribution in [0.1, 0.15) is 31.0 Å². The van der Waals surface area contributed by atoms with Crippen LogP contribution in [0.3, 0.4) is 0 Å². The number of piperidine rings is 1. The molecule has 30 heavy (non-hydrogen) atoms. The van der Waals surface area contributed by atoms with Crippen LogP contribution in [-0.2, 0) is 7.05 Å². The normalized spacial score (nSPS) is 19.1. The fraction of sp³-hybridized carbons (Fsp3) is 0.333. The Hall–Kier alpha value is -3.33. The predicted molar refractivity (Wildman–Crippen MR) is 113 cm³/mol. The van der Waals surface area contributed by atoms with Crippen LogP contribution in [0, 0.1) is 11.2 Å². The summed E-state index contributed by atoms with van der Waals surface area (Å²) in [4.78, 5) is 10.5. The van der Waals surface area contributed by atoms with Crippen molar-refractivity contribution < 1.29 is 9.50 Å². The molecule has 3 heterocycles. The first-order valence-electron chi connectivity index (χ1n) is 9.70. The van der Waals surface area contributed by atoms with Crippen molar-refractivity contribution in [3.63, 3.8) is 0 Å². The number of anilines is 2. The summed E-state index contributed by atoms with van der Waals surface area (Å²) in [5.74, 6) is 0.161. The minimum Gasteiger partial charge on any atom is -0.398 e.